The van der Waals surface area contributed by atoms with E-state index >= 15 is 0 Å². The standard InChI is InChI=1S/C19H38N2O2/c1-3-5-6-9-12-15-19(23)20-18-21(4-2)16-13-10-7-8-11-14-17-22/h3,5,22H,4,6-18H2,1-2H3,(H,20,23)/b5-3+. The lowest BCUT2D eigenvalue weighted by atomic mass is 10.1. The van der Waals surface area contributed by atoms with Crippen molar-refractivity contribution in [1.29, 1.82) is 0 Å². The highest BCUT2D eigenvalue weighted by molar-refractivity contribution is 5.75. The van der Waals surface area contributed by atoms with Crippen LogP contribution in [0.3, 0.4) is 0 Å². The quantitative estimate of drug-likeness (QED) is 0.257. The molecule has 0 aromatic rings. The number of rotatable bonds is 16. The summed E-state index contributed by atoms with van der Waals surface area (Å²) >= 11 is 0. The molecule has 4 heteroatoms. The van der Waals surface area contributed by atoms with Crippen molar-refractivity contribution >= 4 is 5.91 Å². The van der Waals surface area contributed by atoms with Crippen LogP contribution in [0, 0.1) is 0 Å². The van der Waals surface area contributed by atoms with Gasteiger partial charge in [-0.05, 0) is 52.1 Å². The van der Waals surface area contributed by atoms with Crippen LogP contribution in [0.15, 0.2) is 12.2 Å². The maximum atomic E-state index is 11.8. The van der Waals surface area contributed by atoms with Crippen molar-refractivity contribution in [2.45, 2.75) is 78.1 Å². The fourth-order valence-corrected chi connectivity index (χ4v) is 2.51. The SMILES string of the molecule is C/C=C/CCCCC(=O)NCN(CC)CCCCCCCCO. The van der Waals surface area contributed by atoms with E-state index in [0.717, 1.165) is 45.2 Å². The van der Waals surface area contributed by atoms with E-state index in [2.05, 4.69) is 29.3 Å². The van der Waals surface area contributed by atoms with Gasteiger partial charge in [-0.15, -0.1) is 0 Å². The largest absolute Gasteiger partial charge is 0.396 e. The van der Waals surface area contributed by atoms with E-state index in [1.54, 1.807) is 0 Å². The zero-order valence-electron chi connectivity index (χ0n) is 15.4. The van der Waals surface area contributed by atoms with Gasteiger partial charge in [0.15, 0.2) is 0 Å². The third-order valence-electron chi connectivity index (χ3n) is 4.09. The lowest BCUT2D eigenvalue weighted by Crippen LogP contribution is -2.38. The molecule has 23 heavy (non-hydrogen) atoms. The molecule has 1 amide bonds. The Morgan fingerprint density at radius 2 is 1.74 bits per heavy atom. The van der Waals surface area contributed by atoms with Crippen molar-refractivity contribution < 1.29 is 9.90 Å². The number of amides is 1. The number of aliphatic hydroxyl groups excluding tert-OH is 1. The minimum atomic E-state index is 0.174. The number of hydrogen-bond acceptors (Lipinski definition) is 3. The van der Waals surface area contributed by atoms with Gasteiger partial charge in [0.25, 0.3) is 0 Å². The molecule has 0 aliphatic carbocycles. The van der Waals surface area contributed by atoms with Crippen LogP contribution in [-0.4, -0.2) is 42.3 Å². The molecule has 136 valence electrons. The van der Waals surface area contributed by atoms with Crippen molar-refractivity contribution in [2.75, 3.05) is 26.4 Å². The minimum absolute atomic E-state index is 0.174. The Morgan fingerprint density at radius 1 is 1.04 bits per heavy atom. The summed E-state index contributed by atoms with van der Waals surface area (Å²) in [5, 5.41) is 11.8. The third kappa shape index (κ3) is 15.8. The zero-order valence-corrected chi connectivity index (χ0v) is 15.4. The van der Waals surface area contributed by atoms with Crippen LogP contribution < -0.4 is 5.32 Å². The van der Waals surface area contributed by atoms with Gasteiger partial charge in [0, 0.05) is 13.0 Å². The molecule has 0 aliphatic heterocycles. The summed E-state index contributed by atoms with van der Waals surface area (Å²) in [7, 11) is 0. The van der Waals surface area contributed by atoms with Crippen molar-refractivity contribution in [3.8, 4) is 0 Å². The maximum absolute atomic E-state index is 11.8. The number of nitrogens with zero attached hydrogens (tertiary/aromatic N) is 1. The van der Waals surface area contributed by atoms with Gasteiger partial charge in [-0.25, -0.2) is 0 Å². The van der Waals surface area contributed by atoms with Gasteiger partial charge in [-0.3, -0.25) is 9.69 Å². The van der Waals surface area contributed by atoms with Gasteiger partial charge in [0.2, 0.25) is 5.91 Å². The monoisotopic (exact) mass is 326 g/mol. The molecule has 0 rings (SSSR count). The first-order valence-electron chi connectivity index (χ1n) is 9.45. The van der Waals surface area contributed by atoms with Crippen LogP contribution in [0.25, 0.3) is 0 Å². The van der Waals surface area contributed by atoms with Crippen LogP contribution in [0.5, 0.6) is 0 Å². The van der Waals surface area contributed by atoms with Crippen LogP contribution in [0.1, 0.15) is 78.1 Å². The summed E-state index contributed by atoms with van der Waals surface area (Å²) in [5.41, 5.74) is 0. The lowest BCUT2D eigenvalue weighted by Gasteiger charge is -2.20. The molecule has 0 aromatic heterocycles. The highest BCUT2D eigenvalue weighted by Crippen LogP contribution is 2.06. The van der Waals surface area contributed by atoms with E-state index in [1.165, 1.54) is 25.7 Å². The smallest absolute Gasteiger partial charge is 0.220 e. The molecule has 0 saturated heterocycles. The fourth-order valence-electron chi connectivity index (χ4n) is 2.51. The van der Waals surface area contributed by atoms with E-state index in [-0.39, 0.29) is 5.91 Å². The van der Waals surface area contributed by atoms with E-state index < -0.39 is 0 Å². The Labute approximate surface area is 143 Å². The number of unbranched alkanes of at least 4 members (excludes halogenated alkanes) is 7. The second-order valence-corrected chi connectivity index (χ2v) is 6.13. The minimum Gasteiger partial charge on any atom is -0.396 e. The summed E-state index contributed by atoms with van der Waals surface area (Å²) in [6.45, 7) is 7.20. The molecule has 4 nitrogen and oxygen atoms in total. The lowest BCUT2D eigenvalue weighted by molar-refractivity contribution is -0.121. The van der Waals surface area contributed by atoms with Crippen LogP contribution in [-0.2, 0) is 4.79 Å². The summed E-state index contributed by atoms with van der Waals surface area (Å²) in [6, 6.07) is 0. The predicted molar refractivity (Wildman–Crippen MR) is 98.3 cm³/mol. The van der Waals surface area contributed by atoms with E-state index in [9.17, 15) is 4.79 Å². The Bertz CT molecular complexity index is 293. The van der Waals surface area contributed by atoms with Gasteiger partial charge in [0.05, 0.1) is 6.67 Å². The van der Waals surface area contributed by atoms with Gasteiger partial charge in [-0.2, -0.15) is 0 Å². The first-order valence-corrected chi connectivity index (χ1v) is 9.45. The van der Waals surface area contributed by atoms with Gasteiger partial charge < -0.3 is 10.4 Å². The summed E-state index contributed by atoms with van der Waals surface area (Å²) in [6.07, 6.45) is 14.9. The van der Waals surface area contributed by atoms with E-state index in [1.807, 2.05) is 6.92 Å². The number of carbonyl (C=O) groups excluding carboxylic acids is 1. The van der Waals surface area contributed by atoms with Crippen molar-refractivity contribution in [3.63, 3.8) is 0 Å². The number of allylic oxidation sites excluding steroid dienone is 2. The van der Waals surface area contributed by atoms with Crippen LogP contribution in [0.2, 0.25) is 0 Å². The normalized spacial score (nSPS) is 11.5. The summed E-state index contributed by atoms with van der Waals surface area (Å²) in [5.74, 6) is 0.174. The molecule has 0 atom stereocenters. The predicted octanol–water partition coefficient (Wildman–Crippen LogP) is 3.85. The van der Waals surface area contributed by atoms with Gasteiger partial charge in [-0.1, -0.05) is 44.8 Å². The average Bonchev–Trinajstić information content (AvgIpc) is 2.56. The Balaban J connectivity index is 3.54. The Morgan fingerprint density at radius 3 is 2.39 bits per heavy atom. The zero-order chi connectivity index (χ0) is 17.2. The molecule has 0 fully saturated rings. The van der Waals surface area contributed by atoms with E-state index in [0.29, 0.717) is 19.7 Å². The number of aliphatic hydroxyl groups is 1. The topological polar surface area (TPSA) is 52.6 Å². The second-order valence-electron chi connectivity index (χ2n) is 6.13. The van der Waals surface area contributed by atoms with Gasteiger partial charge >= 0.3 is 0 Å². The second kappa shape index (κ2) is 17.5. The molecule has 0 heterocycles. The molecule has 0 aromatic carbocycles. The molecule has 0 aliphatic rings. The molecule has 0 unspecified atom stereocenters. The highest BCUT2D eigenvalue weighted by atomic mass is 16.2. The molecule has 0 radical (unpaired) electrons. The van der Waals surface area contributed by atoms with Gasteiger partial charge in [0.1, 0.15) is 0 Å². The molecular weight excluding hydrogens is 288 g/mol. The Hall–Kier alpha value is -0.870. The van der Waals surface area contributed by atoms with Crippen molar-refractivity contribution in [1.82, 2.24) is 10.2 Å². The number of carbonyl (C=O) groups is 1. The summed E-state index contributed by atoms with van der Waals surface area (Å²) < 4.78 is 0. The highest BCUT2D eigenvalue weighted by Gasteiger charge is 2.05. The number of hydrogen-bond donors (Lipinski definition) is 2. The summed E-state index contributed by atoms with van der Waals surface area (Å²) in [4.78, 5) is 14.1. The molecule has 0 spiro atoms. The first-order chi connectivity index (χ1) is 11.2. The van der Waals surface area contributed by atoms with Crippen LogP contribution in [0.4, 0.5) is 0 Å². The fraction of sp³-hybridized carbons (Fsp3) is 0.842. The van der Waals surface area contributed by atoms with Crippen molar-refractivity contribution in [3.05, 3.63) is 12.2 Å². The van der Waals surface area contributed by atoms with Crippen molar-refractivity contribution in [2.24, 2.45) is 0 Å². The Kier molecular flexibility index (Phi) is 16.8. The maximum Gasteiger partial charge on any atom is 0.220 e. The number of nitrogens with one attached hydrogen (secondary N) is 1. The molecular formula is C19H38N2O2. The molecule has 0 saturated carbocycles. The molecule has 2 N–H and O–H groups in total. The third-order valence-corrected chi connectivity index (χ3v) is 4.09. The first kappa shape index (κ1) is 22.1. The van der Waals surface area contributed by atoms with E-state index in [4.69, 9.17) is 5.11 Å². The molecule has 0 bridgehead atoms. The van der Waals surface area contributed by atoms with Crippen LogP contribution >= 0.6 is 0 Å². The average molecular weight is 327 g/mol.